The monoisotopic (exact) mass is 402 g/mol. The molecule has 0 fully saturated rings. The Hall–Kier alpha value is -3.46. The van der Waals surface area contributed by atoms with E-state index in [9.17, 15) is 24.5 Å². The van der Waals surface area contributed by atoms with Gasteiger partial charge in [0.1, 0.15) is 5.02 Å². The minimum atomic E-state index is -0.672. The zero-order valence-electron chi connectivity index (χ0n) is 14.9. The normalized spacial score (nSPS) is 12.9. The van der Waals surface area contributed by atoms with E-state index in [1.807, 2.05) is 0 Å². The van der Waals surface area contributed by atoms with Gasteiger partial charge in [-0.2, -0.15) is 0 Å². The van der Waals surface area contributed by atoms with Crippen molar-refractivity contribution in [3.05, 3.63) is 62.7 Å². The van der Waals surface area contributed by atoms with Gasteiger partial charge in [-0.1, -0.05) is 11.6 Å². The second-order valence-electron chi connectivity index (χ2n) is 6.34. The Bertz CT molecular complexity index is 1020. The number of hydrogen-bond acceptors (Lipinski definition) is 5. The number of carbonyl (C=O) groups is 3. The van der Waals surface area contributed by atoms with E-state index < -0.39 is 16.9 Å². The quantitative estimate of drug-likeness (QED) is 0.456. The number of imide groups is 1. The number of nitrogens with zero attached hydrogens (tertiary/aromatic N) is 2. The average molecular weight is 403 g/mol. The molecule has 0 saturated carbocycles. The number of carbonyl (C=O) groups excluding carboxylic acids is 3. The van der Waals surface area contributed by atoms with Gasteiger partial charge < -0.3 is 10.6 Å². The molecule has 0 spiro atoms. The maximum absolute atomic E-state index is 12.4. The van der Waals surface area contributed by atoms with Crippen LogP contribution >= 0.6 is 11.6 Å². The lowest BCUT2D eigenvalue weighted by Gasteiger charge is -2.17. The Labute approximate surface area is 164 Å². The molecule has 2 N–H and O–H groups in total. The fourth-order valence-electron chi connectivity index (χ4n) is 2.83. The molecule has 1 aliphatic heterocycles. The van der Waals surface area contributed by atoms with Gasteiger partial charge in [0.25, 0.3) is 17.5 Å². The number of fused-ring (bicyclic) bond motifs is 1. The van der Waals surface area contributed by atoms with E-state index >= 15 is 0 Å². The van der Waals surface area contributed by atoms with E-state index in [-0.39, 0.29) is 39.5 Å². The van der Waals surface area contributed by atoms with Crippen LogP contribution in [0.3, 0.4) is 0 Å². The zero-order chi connectivity index (χ0) is 20.6. The van der Waals surface area contributed by atoms with Crippen LogP contribution in [0.1, 0.15) is 34.6 Å². The van der Waals surface area contributed by atoms with E-state index in [2.05, 4.69) is 10.6 Å². The highest BCUT2D eigenvalue weighted by Gasteiger charge is 2.37. The maximum Gasteiger partial charge on any atom is 0.323 e. The van der Waals surface area contributed by atoms with Crippen LogP contribution in [-0.4, -0.2) is 33.7 Å². The molecule has 0 unspecified atom stereocenters. The minimum absolute atomic E-state index is 0.0486. The Balaban J connectivity index is 1.76. The van der Waals surface area contributed by atoms with Gasteiger partial charge in [-0.25, -0.2) is 4.79 Å². The Kier molecular flexibility index (Phi) is 5.02. The first-order chi connectivity index (χ1) is 13.2. The summed E-state index contributed by atoms with van der Waals surface area (Å²) in [5.41, 5.74) is 0.616. The second kappa shape index (κ2) is 7.28. The molecule has 28 heavy (non-hydrogen) atoms. The molecular weight excluding hydrogens is 388 g/mol. The van der Waals surface area contributed by atoms with Gasteiger partial charge in [0.15, 0.2) is 0 Å². The van der Waals surface area contributed by atoms with Crippen molar-refractivity contribution in [2.24, 2.45) is 0 Å². The predicted molar refractivity (Wildman–Crippen MR) is 103 cm³/mol. The number of anilines is 2. The number of nitro benzene ring substituents is 1. The summed E-state index contributed by atoms with van der Waals surface area (Å²) in [5.74, 6) is -0.799. The lowest BCUT2D eigenvalue weighted by atomic mass is 10.1. The molecule has 0 radical (unpaired) electrons. The summed E-state index contributed by atoms with van der Waals surface area (Å²) < 4.78 is 0. The van der Waals surface area contributed by atoms with Crippen LogP contribution in [0.4, 0.5) is 21.9 Å². The highest BCUT2D eigenvalue weighted by molar-refractivity contribution is 6.32. The van der Waals surface area contributed by atoms with Gasteiger partial charge in [-0.05, 0) is 44.2 Å². The fraction of sp³-hybridized carbons (Fsp3) is 0.167. The first kappa shape index (κ1) is 19.3. The Morgan fingerprint density at radius 1 is 1.04 bits per heavy atom. The third-order valence-electron chi connectivity index (χ3n) is 4.09. The third-order valence-corrected chi connectivity index (χ3v) is 4.41. The van der Waals surface area contributed by atoms with Crippen molar-refractivity contribution >= 4 is 46.5 Å². The lowest BCUT2D eigenvalue weighted by Crippen LogP contribution is -2.35. The predicted octanol–water partition coefficient (Wildman–Crippen LogP) is 3.90. The van der Waals surface area contributed by atoms with Crippen molar-refractivity contribution in [1.29, 1.82) is 0 Å². The summed E-state index contributed by atoms with van der Waals surface area (Å²) in [7, 11) is 0. The first-order valence-corrected chi connectivity index (χ1v) is 8.60. The molecule has 0 saturated heterocycles. The fourth-order valence-corrected chi connectivity index (χ4v) is 3.02. The Morgan fingerprint density at radius 2 is 1.61 bits per heavy atom. The number of nitro groups is 1. The number of hydrogen-bond donors (Lipinski definition) is 2. The summed E-state index contributed by atoms with van der Waals surface area (Å²) in [6.07, 6.45) is 0. The van der Waals surface area contributed by atoms with Crippen molar-refractivity contribution in [3.8, 4) is 0 Å². The number of halogens is 1. The average Bonchev–Trinajstić information content (AvgIpc) is 2.87. The van der Waals surface area contributed by atoms with Crippen LogP contribution in [0.25, 0.3) is 0 Å². The van der Waals surface area contributed by atoms with E-state index in [1.54, 1.807) is 13.8 Å². The second-order valence-corrected chi connectivity index (χ2v) is 6.74. The molecule has 9 nitrogen and oxygen atoms in total. The smallest absolute Gasteiger partial charge is 0.308 e. The topological polar surface area (TPSA) is 122 Å². The molecule has 1 heterocycles. The summed E-state index contributed by atoms with van der Waals surface area (Å²) in [6.45, 7) is 3.47. The zero-order valence-corrected chi connectivity index (χ0v) is 15.6. The molecule has 4 amide bonds. The van der Waals surface area contributed by atoms with Crippen LogP contribution < -0.4 is 10.6 Å². The summed E-state index contributed by atoms with van der Waals surface area (Å²) in [5, 5.41) is 15.9. The van der Waals surface area contributed by atoms with Crippen molar-refractivity contribution < 1.29 is 19.3 Å². The molecule has 0 atom stereocenters. The van der Waals surface area contributed by atoms with Crippen LogP contribution in [-0.2, 0) is 0 Å². The van der Waals surface area contributed by atoms with Crippen molar-refractivity contribution in [2.45, 2.75) is 19.9 Å². The first-order valence-electron chi connectivity index (χ1n) is 8.23. The number of rotatable bonds is 4. The van der Waals surface area contributed by atoms with Crippen LogP contribution in [0.2, 0.25) is 5.02 Å². The SMILES string of the molecule is CC(C)N1C(=O)c2ccc(NC(=O)Nc3ccc(Cl)c([N+](=O)[O-])c3)cc2C1=O. The van der Waals surface area contributed by atoms with Crippen molar-refractivity contribution in [1.82, 2.24) is 4.90 Å². The largest absolute Gasteiger partial charge is 0.323 e. The molecular formula is C18H15ClN4O5. The van der Waals surface area contributed by atoms with Gasteiger partial charge in [-0.15, -0.1) is 0 Å². The molecule has 0 bridgehead atoms. The molecule has 1 aliphatic rings. The molecule has 0 aromatic heterocycles. The highest BCUT2D eigenvalue weighted by atomic mass is 35.5. The van der Waals surface area contributed by atoms with E-state index in [4.69, 9.17) is 11.6 Å². The van der Waals surface area contributed by atoms with Gasteiger partial charge in [0.2, 0.25) is 0 Å². The maximum atomic E-state index is 12.4. The highest BCUT2D eigenvalue weighted by Crippen LogP contribution is 2.29. The van der Waals surface area contributed by atoms with Crippen LogP contribution in [0.5, 0.6) is 0 Å². The van der Waals surface area contributed by atoms with E-state index in [1.165, 1.54) is 30.3 Å². The minimum Gasteiger partial charge on any atom is -0.308 e. The summed E-state index contributed by atoms with van der Waals surface area (Å²) in [6, 6.07) is 7.28. The lowest BCUT2D eigenvalue weighted by molar-refractivity contribution is -0.384. The van der Waals surface area contributed by atoms with Gasteiger partial charge in [0, 0.05) is 23.5 Å². The number of amides is 4. The van der Waals surface area contributed by atoms with Gasteiger partial charge >= 0.3 is 6.03 Å². The summed E-state index contributed by atoms with van der Waals surface area (Å²) >= 11 is 5.74. The van der Waals surface area contributed by atoms with Crippen molar-refractivity contribution in [3.63, 3.8) is 0 Å². The third kappa shape index (κ3) is 3.52. The standard InChI is InChI=1S/C18H15ClN4O5/c1-9(2)22-16(24)12-5-3-10(7-13(12)17(22)25)20-18(26)21-11-4-6-14(19)15(8-11)23(27)28/h3-9H,1-2H3,(H2,20,21,26). The van der Waals surface area contributed by atoms with E-state index in [0.29, 0.717) is 5.69 Å². The molecule has 2 aromatic rings. The molecule has 2 aromatic carbocycles. The molecule has 0 aliphatic carbocycles. The summed E-state index contributed by atoms with van der Waals surface area (Å²) in [4.78, 5) is 48.3. The number of urea groups is 1. The molecule has 3 rings (SSSR count). The molecule has 144 valence electrons. The Morgan fingerprint density at radius 3 is 2.21 bits per heavy atom. The van der Waals surface area contributed by atoms with Crippen molar-refractivity contribution in [2.75, 3.05) is 10.6 Å². The molecule has 10 heteroatoms. The number of benzene rings is 2. The van der Waals surface area contributed by atoms with Gasteiger partial charge in [-0.3, -0.25) is 24.6 Å². The number of nitrogens with one attached hydrogen (secondary N) is 2. The van der Waals surface area contributed by atoms with Crippen LogP contribution in [0, 0.1) is 10.1 Å². The van der Waals surface area contributed by atoms with Crippen LogP contribution in [0.15, 0.2) is 36.4 Å². The van der Waals surface area contributed by atoms with Gasteiger partial charge in [0.05, 0.1) is 16.1 Å². The van der Waals surface area contributed by atoms with E-state index in [0.717, 1.165) is 11.0 Å².